The normalized spacial score (nSPS) is 19.4. The first-order valence-electron chi connectivity index (χ1n) is 12.9. The summed E-state index contributed by atoms with van der Waals surface area (Å²) in [6, 6.07) is 21.3. The van der Waals surface area contributed by atoms with Crippen LogP contribution in [-0.4, -0.2) is 36.1 Å². The van der Waals surface area contributed by atoms with E-state index in [0.29, 0.717) is 22.9 Å². The highest BCUT2D eigenvalue weighted by Crippen LogP contribution is 2.33. The maximum atomic E-state index is 13.2. The second-order valence-electron chi connectivity index (χ2n) is 9.93. The lowest BCUT2D eigenvalue weighted by Gasteiger charge is -2.34. The van der Waals surface area contributed by atoms with Crippen molar-refractivity contribution in [2.24, 2.45) is 11.8 Å². The van der Waals surface area contributed by atoms with Crippen LogP contribution >= 0.6 is 0 Å². The number of rotatable bonds is 6. The van der Waals surface area contributed by atoms with Crippen LogP contribution in [0.15, 0.2) is 66.7 Å². The van der Waals surface area contributed by atoms with Crippen molar-refractivity contribution in [1.29, 1.82) is 0 Å². The molecule has 0 radical (unpaired) electrons. The summed E-state index contributed by atoms with van der Waals surface area (Å²) < 4.78 is 10.7. The average molecular weight is 496 g/mol. The summed E-state index contributed by atoms with van der Waals surface area (Å²) in [6.45, 7) is 4.51. The van der Waals surface area contributed by atoms with Crippen molar-refractivity contribution in [2.45, 2.75) is 39.2 Å². The highest BCUT2D eigenvalue weighted by Gasteiger charge is 2.28. The molecule has 6 heteroatoms. The van der Waals surface area contributed by atoms with Crippen LogP contribution in [-0.2, 0) is 0 Å². The summed E-state index contributed by atoms with van der Waals surface area (Å²) >= 11 is 0. The molecule has 0 bridgehead atoms. The maximum absolute atomic E-state index is 13.2. The van der Waals surface area contributed by atoms with Gasteiger partial charge < -0.3 is 14.8 Å². The van der Waals surface area contributed by atoms with Gasteiger partial charge in [0.2, 0.25) is 0 Å². The van der Waals surface area contributed by atoms with Crippen LogP contribution in [0.2, 0.25) is 0 Å². The highest BCUT2D eigenvalue weighted by atomic mass is 16.5. The van der Waals surface area contributed by atoms with Crippen molar-refractivity contribution in [3.63, 3.8) is 0 Å². The quantitative estimate of drug-likeness (QED) is 0.329. The smallest absolute Gasteiger partial charge is 0.251 e. The third kappa shape index (κ3) is 5.15. The lowest BCUT2D eigenvalue weighted by atomic mass is 9.78. The Labute approximate surface area is 218 Å². The van der Waals surface area contributed by atoms with Gasteiger partial charge in [-0.3, -0.25) is 4.79 Å². The molecule has 1 aliphatic rings. The molecular weight excluding hydrogens is 462 g/mol. The summed E-state index contributed by atoms with van der Waals surface area (Å²) in [4.78, 5) is 23.2. The minimum Gasteiger partial charge on any atom is -0.497 e. The second-order valence-corrected chi connectivity index (χ2v) is 9.93. The minimum absolute atomic E-state index is 0.0557. The molecule has 1 N–H and O–H groups in total. The van der Waals surface area contributed by atoms with Gasteiger partial charge in [0.25, 0.3) is 5.91 Å². The molecule has 3 atom stereocenters. The van der Waals surface area contributed by atoms with Crippen LogP contribution in [0.4, 0.5) is 0 Å². The number of fused-ring (bicyclic) bond motifs is 1. The predicted molar refractivity (Wildman–Crippen MR) is 147 cm³/mol. The van der Waals surface area contributed by atoms with E-state index in [9.17, 15) is 4.79 Å². The van der Waals surface area contributed by atoms with Gasteiger partial charge in [0, 0.05) is 22.7 Å². The molecular formula is C31H33N3O3. The van der Waals surface area contributed by atoms with Crippen molar-refractivity contribution in [3.8, 4) is 34.0 Å². The van der Waals surface area contributed by atoms with E-state index in [1.54, 1.807) is 14.2 Å². The summed E-state index contributed by atoms with van der Waals surface area (Å²) in [5.74, 6) is 2.58. The number of ether oxygens (including phenoxy) is 2. The average Bonchev–Trinajstić information content (AvgIpc) is 2.94. The van der Waals surface area contributed by atoms with E-state index in [4.69, 9.17) is 19.4 Å². The molecule has 6 nitrogen and oxygen atoms in total. The van der Waals surface area contributed by atoms with Crippen LogP contribution in [0, 0.1) is 11.8 Å². The molecule has 0 spiro atoms. The Kier molecular flexibility index (Phi) is 7.08. The molecule has 0 saturated heterocycles. The monoisotopic (exact) mass is 495 g/mol. The molecule has 3 aromatic carbocycles. The van der Waals surface area contributed by atoms with E-state index < -0.39 is 0 Å². The van der Waals surface area contributed by atoms with Crippen LogP contribution < -0.4 is 14.8 Å². The number of carbonyl (C=O) groups excluding carboxylic acids is 1. The van der Waals surface area contributed by atoms with Crippen molar-refractivity contribution in [3.05, 3.63) is 72.3 Å². The molecule has 1 saturated carbocycles. The number of nitrogens with zero attached hydrogens (tertiary/aromatic N) is 2. The zero-order chi connectivity index (χ0) is 25.9. The topological polar surface area (TPSA) is 73.3 Å². The number of hydrogen-bond acceptors (Lipinski definition) is 5. The number of nitrogens with one attached hydrogen (secondary N) is 1. The number of amides is 1. The maximum Gasteiger partial charge on any atom is 0.251 e. The Morgan fingerprint density at radius 2 is 1.35 bits per heavy atom. The fraction of sp³-hybridized carbons (Fsp3) is 0.323. The van der Waals surface area contributed by atoms with Crippen LogP contribution in [0.25, 0.3) is 33.5 Å². The van der Waals surface area contributed by atoms with Crippen molar-refractivity contribution < 1.29 is 14.3 Å². The Morgan fingerprint density at radius 1 is 0.784 bits per heavy atom. The Hall–Kier alpha value is -3.93. The van der Waals surface area contributed by atoms with Gasteiger partial charge in [-0.15, -0.1) is 0 Å². The number of methoxy groups -OCH3 is 2. The second kappa shape index (κ2) is 10.6. The fourth-order valence-electron chi connectivity index (χ4n) is 5.13. The van der Waals surface area contributed by atoms with Crippen molar-refractivity contribution in [1.82, 2.24) is 15.3 Å². The SMILES string of the molecule is COc1ccc(-c2nc3ccc(C(=O)NC4CCCC(C)C4C)cc3nc2-c2ccc(OC)cc2)cc1. The van der Waals surface area contributed by atoms with E-state index >= 15 is 0 Å². The van der Waals surface area contributed by atoms with E-state index in [2.05, 4.69) is 19.2 Å². The number of carbonyl (C=O) groups is 1. The zero-order valence-electron chi connectivity index (χ0n) is 21.8. The lowest BCUT2D eigenvalue weighted by molar-refractivity contribution is 0.0891. The van der Waals surface area contributed by atoms with Gasteiger partial charge in [-0.05, 0) is 85.0 Å². The molecule has 1 aliphatic carbocycles. The molecule has 190 valence electrons. The van der Waals surface area contributed by atoms with Crippen molar-refractivity contribution >= 4 is 16.9 Å². The van der Waals surface area contributed by atoms with Gasteiger partial charge in [0.1, 0.15) is 11.5 Å². The van der Waals surface area contributed by atoms with Crippen molar-refractivity contribution in [2.75, 3.05) is 14.2 Å². The molecule has 4 aromatic rings. The first-order valence-corrected chi connectivity index (χ1v) is 12.9. The first-order chi connectivity index (χ1) is 18.0. The molecule has 1 amide bonds. The van der Waals surface area contributed by atoms with Gasteiger partial charge in [0.15, 0.2) is 0 Å². The van der Waals surface area contributed by atoms with E-state index in [1.807, 2.05) is 66.7 Å². The Balaban J connectivity index is 1.54. The van der Waals surface area contributed by atoms with Gasteiger partial charge in [-0.25, -0.2) is 9.97 Å². The standard InChI is InChI=1S/C31H33N3O3/c1-19-6-5-7-26(20(19)2)34-31(35)23-12-17-27-28(18-23)33-30(22-10-15-25(37-4)16-11-22)29(32-27)21-8-13-24(36-3)14-9-21/h8-20,26H,5-7H2,1-4H3,(H,34,35). The van der Waals surface area contributed by atoms with E-state index in [1.165, 1.54) is 6.42 Å². The lowest BCUT2D eigenvalue weighted by Crippen LogP contribution is -2.43. The largest absolute Gasteiger partial charge is 0.497 e. The molecule has 3 unspecified atom stereocenters. The molecule has 1 fully saturated rings. The zero-order valence-corrected chi connectivity index (χ0v) is 21.8. The number of benzene rings is 3. The van der Waals surface area contributed by atoms with E-state index in [0.717, 1.165) is 52.4 Å². The fourth-order valence-corrected chi connectivity index (χ4v) is 5.13. The summed E-state index contributed by atoms with van der Waals surface area (Å²) in [6.07, 6.45) is 3.40. The predicted octanol–water partition coefficient (Wildman–Crippen LogP) is 6.54. The molecule has 37 heavy (non-hydrogen) atoms. The first kappa shape index (κ1) is 24.8. The Bertz CT molecular complexity index is 1400. The highest BCUT2D eigenvalue weighted by molar-refractivity contribution is 5.98. The van der Waals surface area contributed by atoms with Gasteiger partial charge in [-0.2, -0.15) is 0 Å². The van der Waals surface area contributed by atoms with E-state index in [-0.39, 0.29) is 11.9 Å². The molecule has 0 aliphatic heterocycles. The molecule has 5 rings (SSSR count). The number of aromatic nitrogens is 2. The summed E-state index contributed by atoms with van der Waals surface area (Å²) in [7, 11) is 3.30. The van der Waals surface area contributed by atoms with Gasteiger partial charge >= 0.3 is 0 Å². The molecule has 1 heterocycles. The third-order valence-corrected chi connectivity index (χ3v) is 7.68. The van der Waals surface area contributed by atoms with Crippen LogP contribution in [0.3, 0.4) is 0 Å². The molecule has 1 aromatic heterocycles. The summed E-state index contributed by atoms with van der Waals surface area (Å²) in [5.41, 5.74) is 5.38. The number of hydrogen-bond donors (Lipinski definition) is 1. The van der Waals surface area contributed by atoms with Crippen LogP contribution in [0.1, 0.15) is 43.5 Å². The van der Waals surface area contributed by atoms with Gasteiger partial charge in [0.05, 0.1) is 36.6 Å². The third-order valence-electron chi connectivity index (χ3n) is 7.68. The summed E-state index contributed by atoms with van der Waals surface area (Å²) in [5, 5.41) is 3.27. The Morgan fingerprint density at radius 3 is 1.92 bits per heavy atom. The van der Waals surface area contributed by atoms with Gasteiger partial charge in [-0.1, -0.05) is 26.7 Å². The van der Waals surface area contributed by atoms with Crippen LogP contribution in [0.5, 0.6) is 11.5 Å². The minimum atomic E-state index is -0.0557.